The van der Waals surface area contributed by atoms with Gasteiger partial charge in [0.1, 0.15) is 0 Å². The van der Waals surface area contributed by atoms with Crippen molar-refractivity contribution < 1.29 is 17.1 Å². The zero-order valence-electron chi connectivity index (χ0n) is 20.2. The smallest absolute Gasteiger partial charge is 0.666 e. The Bertz CT molecular complexity index is 1480. The molecule has 0 saturated carbocycles. The summed E-state index contributed by atoms with van der Waals surface area (Å²) in [5, 5.41) is 4.69. The van der Waals surface area contributed by atoms with Crippen LogP contribution < -0.4 is 9.97 Å². The first-order valence-electron chi connectivity index (χ1n) is 11.7. The molecule has 0 bridgehead atoms. The molecule has 0 spiro atoms. The molecule has 2 aliphatic rings. The van der Waals surface area contributed by atoms with E-state index in [1.165, 1.54) is 10.8 Å². The number of hydrogen-bond acceptors (Lipinski definition) is 2. The van der Waals surface area contributed by atoms with Gasteiger partial charge in [0.05, 0.1) is 11.4 Å². The average Bonchev–Trinajstić information content (AvgIpc) is 3.63. The molecule has 1 radical (unpaired) electrons. The second-order valence-corrected chi connectivity index (χ2v) is 10.1. The molecule has 2 aliphatic heterocycles. The van der Waals surface area contributed by atoms with Crippen LogP contribution in [-0.2, 0) is 27.9 Å². The van der Waals surface area contributed by atoms with Gasteiger partial charge in [-0.3, -0.25) is 9.98 Å². The minimum atomic E-state index is -0.311. The van der Waals surface area contributed by atoms with E-state index in [4.69, 9.17) is 20.0 Å². The minimum Gasteiger partial charge on any atom is -0.666 e. The molecule has 0 saturated heterocycles. The van der Waals surface area contributed by atoms with Gasteiger partial charge >= 0.3 is 17.1 Å². The molecule has 4 heterocycles. The van der Waals surface area contributed by atoms with Gasteiger partial charge in [0.15, 0.2) is 0 Å². The van der Waals surface area contributed by atoms with Crippen LogP contribution in [0.5, 0.6) is 0 Å². The molecule has 0 unspecified atom stereocenters. The molecule has 0 amide bonds. The van der Waals surface area contributed by atoms with Crippen molar-refractivity contribution >= 4 is 33.0 Å². The van der Waals surface area contributed by atoms with Crippen LogP contribution in [0.1, 0.15) is 39.1 Å². The quantitative estimate of drug-likeness (QED) is 0.301. The van der Waals surface area contributed by atoms with E-state index in [0.717, 1.165) is 45.0 Å². The van der Waals surface area contributed by atoms with Crippen molar-refractivity contribution in [1.82, 2.24) is 9.97 Å². The molecule has 4 nitrogen and oxygen atoms in total. The van der Waals surface area contributed by atoms with Crippen molar-refractivity contribution in [2.75, 3.05) is 0 Å². The molecule has 35 heavy (non-hydrogen) atoms. The Balaban J connectivity index is 0.00000253. The van der Waals surface area contributed by atoms with E-state index in [1.807, 2.05) is 24.5 Å². The van der Waals surface area contributed by atoms with Gasteiger partial charge in [-0.2, -0.15) is 12.4 Å². The van der Waals surface area contributed by atoms with Gasteiger partial charge in [0, 0.05) is 22.3 Å². The Morgan fingerprint density at radius 2 is 0.971 bits per heavy atom. The van der Waals surface area contributed by atoms with E-state index in [9.17, 15) is 0 Å². The monoisotopic (exact) mass is 505 g/mol. The molecular weight excluding hydrogens is 480 g/mol. The summed E-state index contributed by atoms with van der Waals surface area (Å²) in [6.45, 7) is 8.75. The number of benzene rings is 2. The Kier molecular flexibility index (Phi) is 5.58. The third-order valence-corrected chi connectivity index (χ3v) is 7.10. The van der Waals surface area contributed by atoms with Crippen molar-refractivity contribution in [3.05, 3.63) is 108 Å². The minimum absolute atomic E-state index is 0. The number of aliphatic imine (C=N–C) groups is 2. The molecule has 6 rings (SSSR count). The van der Waals surface area contributed by atoms with Crippen LogP contribution in [0, 0.1) is 0 Å². The molecule has 2 aromatic carbocycles. The predicted molar refractivity (Wildman–Crippen MR) is 141 cm³/mol. The van der Waals surface area contributed by atoms with Gasteiger partial charge in [-0.15, -0.1) is 11.4 Å². The summed E-state index contributed by atoms with van der Waals surface area (Å²) in [6, 6.07) is 16.7. The van der Waals surface area contributed by atoms with E-state index in [-0.39, 0.29) is 27.9 Å². The van der Waals surface area contributed by atoms with Crippen molar-refractivity contribution in [3.63, 3.8) is 0 Å². The Labute approximate surface area is 216 Å². The summed E-state index contributed by atoms with van der Waals surface area (Å²) < 4.78 is 0. The molecule has 2 aromatic heterocycles. The van der Waals surface area contributed by atoms with Crippen LogP contribution in [0.3, 0.4) is 0 Å². The van der Waals surface area contributed by atoms with E-state index in [2.05, 4.69) is 88.4 Å². The van der Waals surface area contributed by atoms with E-state index >= 15 is 0 Å². The fourth-order valence-corrected chi connectivity index (χ4v) is 5.00. The van der Waals surface area contributed by atoms with Crippen LogP contribution in [0.2, 0.25) is 0 Å². The van der Waals surface area contributed by atoms with E-state index in [1.54, 1.807) is 0 Å². The van der Waals surface area contributed by atoms with Gasteiger partial charge in [0.2, 0.25) is 0 Å². The molecule has 177 valence electrons. The van der Waals surface area contributed by atoms with Gasteiger partial charge in [-0.05, 0) is 45.8 Å². The maximum atomic E-state index is 5.00. The van der Waals surface area contributed by atoms with Crippen LogP contribution >= 0.6 is 0 Å². The Morgan fingerprint density at radius 1 is 0.571 bits per heavy atom. The largest absolute Gasteiger partial charge is 2.00 e. The fourth-order valence-electron chi connectivity index (χ4n) is 5.00. The summed E-state index contributed by atoms with van der Waals surface area (Å²) in [5.41, 5.74) is 5.27. The molecular formula is C30H26CuN4. The second kappa shape index (κ2) is 8.37. The topological polar surface area (TPSA) is 52.9 Å². The van der Waals surface area contributed by atoms with Crippen LogP contribution in [0.25, 0.3) is 21.5 Å². The average molecular weight is 506 g/mol. The van der Waals surface area contributed by atoms with Gasteiger partial charge < -0.3 is 9.97 Å². The first kappa shape index (κ1) is 23.3. The number of nitrogens with zero attached hydrogens (tertiary/aromatic N) is 4. The Morgan fingerprint density at radius 3 is 1.40 bits per heavy atom. The second-order valence-electron chi connectivity index (χ2n) is 10.1. The van der Waals surface area contributed by atoms with Crippen molar-refractivity contribution in [2.24, 2.45) is 9.98 Å². The van der Waals surface area contributed by atoms with Crippen LogP contribution in [0.15, 0.2) is 107 Å². The fraction of sp³-hybridized carbons (Fsp3) is 0.200. The molecule has 0 N–H and O–H groups in total. The molecule has 0 fully saturated rings. The van der Waals surface area contributed by atoms with Crippen molar-refractivity contribution in [3.8, 4) is 0 Å². The summed E-state index contributed by atoms with van der Waals surface area (Å²) in [7, 11) is 0. The number of hydrogen-bond donors (Lipinski definition) is 0. The first-order chi connectivity index (χ1) is 16.4. The van der Waals surface area contributed by atoms with E-state index < -0.39 is 0 Å². The maximum absolute atomic E-state index is 5.00. The number of fused-ring (bicyclic) bond motifs is 2. The summed E-state index contributed by atoms with van der Waals surface area (Å²) in [6.07, 6.45) is 12.2. The normalized spacial score (nSPS) is 17.8. The van der Waals surface area contributed by atoms with Gasteiger partial charge in [0.25, 0.3) is 0 Å². The van der Waals surface area contributed by atoms with Crippen LogP contribution in [0.4, 0.5) is 0 Å². The zero-order chi connectivity index (χ0) is 23.5. The molecule has 5 heteroatoms. The van der Waals surface area contributed by atoms with E-state index in [0.29, 0.717) is 0 Å². The molecule has 4 aromatic rings. The van der Waals surface area contributed by atoms with Gasteiger partial charge in [-0.25, -0.2) is 0 Å². The molecule has 0 atom stereocenters. The first-order valence-corrected chi connectivity index (χ1v) is 11.7. The van der Waals surface area contributed by atoms with Crippen molar-refractivity contribution in [2.45, 2.75) is 38.5 Å². The predicted octanol–water partition coefficient (Wildman–Crippen LogP) is 6.39. The zero-order valence-corrected chi connectivity index (χ0v) is 21.1. The SMILES string of the molecule is CC(C)(C1=N/C(=C2/C=CC(C(C)(C)c3[n-]cc4ccccc34)=N2)C=C1)c1[n-]cc2ccccc12.[Cu+2]. The standard InChI is InChI=1S/C30H26N4.Cu/c1-29(2,27-21-11-7-5-9-19(21)17-31-27)25-15-13-23(33-25)24-14-16-26(34-24)30(3,4)28-22-12-8-6-10-20(22)18-32-28;/h5-18H,1-4H3;/q-2;+2/b24-23-;. The molecule has 0 aliphatic carbocycles. The number of allylic oxidation sites excluding steroid dienone is 4. The summed E-state index contributed by atoms with van der Waals surface area (Å²) >= 11 is 0. The van der Waals surface area contributed by atoms with Crippen LogP contribution in [-0.4, -0.2) is 11.4 Å². The number of aromatic nitrogens is 2. The van der Waals surface area contributed by atoms with Crippen molar-refractivity contribution in [1.29, 1.82) is 0 Å². The number of rotatable bonds is 4. The summed E-state index contributed by atoms with van der Waals surface area (Å²) in [4.78, 5) is 19.5. The maximum Gasteiger partial charge on any atom is 2.00 e. The Hall–Kier alpha value is -3.40. The van der Waals surface area contributed by atoms with Gasteiger partial charge in [-0.1, -0.05) is 76.2 Å². The third kappa shape index (κ3) is 3.67. The summed E-state index contributed by atoms with van der Waals surface area (Å²) in [5.74, 6) is 0. The third-order valence-electron chi connectivity index (χ3n) is 7.10.